The molecule has 0 rings (SSSR count). The van der Waals surface area contributed by atoms with Gasteiger partial charge in [0.15, 0.2) is 0 Å². The van der Waals surface area contributed by atoms with Crippen LogP contribution in [0.5, 0.6) is 0 Å². The van der Waals surface area contributed by atoms with E-state index in [1.165, 1.54) is 83.5 Å². The zero-order valence-electron chi connectivity index (χ0n) is 39.8. The number of allylic oxidation sites excluding steroid dienone is 13. The lowest BCUT2D eigenvalue weighted by Crippen LogP contribution is -2.45. The van der Waals surface area contributed by atoms with Crippen molar-refractivity contribution in [3.8, 4) is 0 Å². The van der Waals surface area contributed by atoms with Crippen LogP contribution < -0.4 is 10.2 Å². The van der Waals surface area contributed by atoms with Crippen molar-refractivity contribution >= 4 is 13.7 Å². The van der Waals surface area contributed by atoms with Gasteiger partial charge in [0.05, 0.1) is 39.9 Å². The predicted molar refractivity (Wildman–Crippen MR) is 260 cm³/mol. The Hall–Kier alpha value is -2.32. The van der Waals surface area contributed by atoms with Crippen LogP contribution in [0, 0.1) is 0 Å². The van der Waals surface area contributed by atoms with Crippen LogP contribution in [-0.4, -0.2) is 68.5 Å². The number of carbonyl (C=O) groups is 1. The number of nitrogens with zero attached hydrogens (tertiary/aromatic N) is 1. The van der Waals surface area contributed by atoms with Crippen molar-refractivity contribution in [2.45, 2.75) is 199 Å². The molecule has 0 spiro atoms. The molecule has 352 valence electrons. The fraction of sp³-hybridized carbons (Fsp3) is 0.712. The van der Waals surface area contributed by atoms with E-state index >= 15 is 0 Å². The van der Waals surface area contributed by atoms with Gasteiger partial charge in [0.25, 0.3) is 7.82 Å². The summed E-state index contributed by atoms with van der Waals surface area (Å²) in [5.74, 6) is -0.224. The van der Waals surface area contributed by atoms with Crippen molar-refractivity contribution in [3.05, 3.63) is 85.1 Å². The topological polar surface area (TPSA) is 108 Å². The normalized spacial score (nSPS) is 14.9. The number of unbranched alkanes of at least 4 members (excludes halogenated alkanes) is 18. The molecule has 0 saturated heterocycles. The van der Waals surface area contributed by atoms with Crippen LogP contribution in [0.4, 0.5) is 0 Å². The van der Waals surface area contributed by atoms with Crippen LogP contribution in [0.25, 0.3) is 0 Å². The molecule has 0 aliphatic heterocycles. The first kappa shape index (κ1) is 58.7. The van der Waals surface area contributed by atoms with Crippen molar-refractivity contribution < 1.29 is 32.9 Å². The SMILES string of the molecule is CC/C=C\C/C=C\C/C=C\C/C=C\CCCCCCCCCCC(=O)NC(COP(=O)([O-])OCC[N+](C)(C)C)C(O)/C=C/CC/C=C/CC/C=C/CCCCCCCCCC. The largest absolute Gasteiger partial charge is 0.756 e. The van der Waals surface area contributed by atoms with Crippen molar-refractivity contribution in [2.24, 2.45) is 0 Å². The van der Waals surface area contributed by atoms with Gasteiger partial charge in [0.1, 0.15) is 13.2 Å². The van der Waals surface area contributed by atoms with Gasteiger partial charge < -0.3 is 28.8 Å². The van der Waals surface area contributed by atoms with Crippen LogP contribution >= 0.6 is 7.82 Å². The maximum Gasteiger partial charge on any atom is 0.268 e. The van der Waals surface area contributed by atoms with Gasteiger partial charge in [0, 0.05) is 6.42 Å². The number of aliphatic hydroxyl groups is 1. The Bertz CT molecular complexity index is 1260. The molecule has 8 nitrogen and oxygen atoms in total. The van der Waals surface area contributed by atoms with Gasteiger partial charge in [-0.05, 0) is 83.5 Å². The summed E-state index contributed by atoms with van der Waals surface area (Å²) in [6, 6.07) is -0.919. The first-order chi connectivity index (χ1) is 29.5. The molecular formula is C52H93N2O6P. The Balaban J connectivity index is 4.45. The third kappa shape index (κ3) is 45.5. The van der Waals surface area contributed by atoms with E-state index in [1.54, 1.807) is 6.08 Å². The zero-order chi connectivity index (χ0) is 45.0. The molecule has 2 N–H and O–H groups in total. The van der Waals surface area contributed by atoms with E-state index in [-0.39, 0.29) is 12.5 Å². The Morgan fingerprint density at radius 3 is 1.52 bits per heavy atom. The number of carbonyl (C=O) groups excluding carboxylic acids is 1. The fourth-order valence-corrected chi connectivity index (χ4v) is 7.19. The summed E-state index contributed by atoms with van der Waals surface area (Å²) in [6.07, 6.45) is 59.2. The number of nitrogens with one attached hydrogen (secondary N) is 1. The highest BCUT2D eigenvalue weighted by atomic mass is 31.2. The summed E-state index contributed by atoms with van der Waals surface area (Å²) in [5.41, 5.74) is 0. The van der Waals surface area contributed by atoms with E-state index in [0.717, 1.165) is 83.5 Å². The molecule has 0 aromatic heterocycles. The Morgan fingerprint density at radius 2 is 1.02 bits per heavy atom. The van der Waals surface area contributed by atoms with Crippen LogP contribution in [0.15, 0.2) is 85.1 Å². The maximum atomic E-state index is 12.9. The molecule has 3 atom stereocenters. The first-order valence-electron chi connectivity index (χ1n) is 24.4. The zero-order valence-corrected chi connectivity index (χ0v) is 40.7. The number of phosphoric acid groups is 1. The molecule has 0 bridgehead atoms. The predicted octanol–water partition coefficient (Wildman–Crippen LogP) is 13.5. The summed E-state index contributed by atoms with van der Waals surface area (Å²) in [6.45, 7) is 4.48. The molecule has 9 heteroatoms. The molecule has 3 unspecified atom stereocenters. The number of amides is 1. The summed E-state index contributed by atoms with van der Waals surface area (Å²) < 4.78 is 23.2. The number of aliphatic hydroxyl groups excluding tert-OH is 1. The van der Waals surface area contributed by atoms with E-state index in [9.17, 15) is 19.4 Å². The lowest BCUT2D eigenvalue weighted by Gasteiger charge is -2.29. The van der Waals surface area contributed by atoms with E-state index in [4.69, 9.17) is 9.05 Å². The molecule has 0 fully saturated rings. The van der Waals surface area contributed by atoms with Gasteiger partial charge in [-0.25, -0.2) is 0 Å². The number of phosphoric ester groups is 1. The van der Waals surface area contributed by atoms with Gasteiger partial charge in [-0.3, -0.25) is 9.36 Å². The second kappa shape index (κ2) is 43.0. The summed E-state index contributed by atoms with van der Waals surface area (Å²) >= 11 is 0. The lowest BCUT2D eigenvalue weighted by molar-refractivity contribution is -0.870. The van der Waals surface area contributed by atoms with Crippen molar-refractivity contribution in [1.82, 2.24) is 5.32 Å². The number of quaternary nitrogens is 1. The molecule has 0 radical (unpaired) electrons. The lowest BCUT2D eigenvalue weighted by atomic mass is 10.1. The maximum absolute atomic E-state index is 12.9. The first-order valence-corrected chi connectivity index (χ1v) is 25.9. The second-order valence-corrected chi connectivity index (χ2v) is 18.8. The average molecular weight is 873 g/mol. The van der Waals surface area contributed by atoms with Crippen molar-refractivity contribution in [2.75, 3.05) is 40.9 Å². The highest BCUT2D eigenvalue weighted by Crippen LogP contribution is 2.38. The summed E-state index contributed by atoms with van der Waals surface area (Å²) in [7, 11) is 1.22. The molecule has 1 amide bonds. The Labute approximate surface area is 376 Å². The molecular weight excluding hydrogens is 780 g/mol. The minimum atomic E-state index is -4.61. The van der Waals surface area contributed by atoms with Gasteiger partial charge in [-0.15, -0.1) is 0 Å². The molecule has 0 aromatic carbocycles. The minimum Gasteiger partial charge on any atom is -0.756 e. The van der Waals surface area contributed by atoms with Gasteiger partial charge in [0.2, 0.25) is 5.91 Å². The van der Waals surface area contributed by atoms with Gasteiger partial charge in [-0.1, -0.05) is 182 Å². The average Bonchev–Trinajstić information content (AvgIpc) is 3.21. The highest BCUT2D eigenvalue weighted by molar-refractivity contribution is 7.45. The summed E-state index contributed by atoms with van der Waals surface area (Å²) in [4.78, 5) is 25.4. The van der Waals surface area contributed by atoms with E-state index in [1.807, 2.05) is 27.2 Å². The molecule has 0 aromatic rings. The molecule has 0 aliphatic carbocycles. The molecule has 0 heterocycles. The van der Waals surface area contributed by atoms with Crippen molar-refractivity contribution in [3.63, 3.8) is 0 Å². The van der Waals surface area contributed by atoms with Crippen molar-refractivity contribution in [1.29, 1.82) is 0 Å². The third-order valence-corrected chi connectivity index (χ3v) is 11.3. The molecule has 0 saturated carbocycles. The van der Waals surface area contributed by atoms with Crippen LogP contribution in [-0.2, 0) is 18.4 Å². The third-order valence-electron chi connectivity index (χ3n) is 10.3. The molecule has 61 heavy (non-hydrogen) atoms. The quantitative estimate of drug-likeness (QED) is 0.0273. The van der Waals surface area contributed by atoms with Crippen LogP contribution in [0.3, 0.4) is 0 Å². The van der Waals surface area contributed by atoms with Gasteiger partial charge in [-0.2, -0.15) is 0 Å². The number of rotatable bonds is 43. The van der Waals surface area contributed by atoms with Crippen LogP contribution in [0.1, 0.15) is 187 Å². The van der Waals surface area contributed by atoms with Gasteiger partial charge >= 0.3 is 0 Å². The highest BCUT2D eigenvalue weighted by Gasteiger charge is 2.23. The van der Waals surface area contributed by atoms with Crippen LogP contribution in [0.2, 0.25) is 0 Å². The Kier molecular flexibility index (Phi) is 41.3. The fourth-order valence-electron chi connectivity index (χ4n) is 6.47. The monoisotopic (exact) mass is 873 g/mol. The smallest absolute Gasteiger partial charge is 0.268 e. The number of hydrogen-bond donors (Lipinski definition) is 2. The Morgan fingerprint density at radius 1 is 0.590 bits per heavy atom. The van der Waals surface area contributed by atoms with E-state index in [2.05, 4.69) is 92.1 Å². The standard InChI is InChI=1S/C52H93N2O6P/c1-6-8-10-12-14-16-18-20-22-24-26-27-28-30-32-34-36-38-40-42-44-46-52(56)53-50(49-60-61(57,58)59-48-47-54(3,4)5)51(55)45-43-41-39-37-35-33-31-29-25-23-21-19-17-15-13-11-9-7-2/h8,10,14,16,20,22,25-27,29,35,37,43,45,50-51,55H,6-7,9,11-13,15,17-19,21,23-24,28,30-34,36,38-42,44,46-49H2,1-5H3,(H-,53,56,57,58)/b10-8-,16-14-,22-20-,27-26-,29-25+,37-35+,45-43+. The molecule has 0 aliphatic rings. The minimum absolute atomic E-state index is 0.0150. The number of hydrogen-bond acceptors (Lipinski definition) is 6. The number of likely N-dealkylation sites (N-methyl/N-ethyl adjacent to an activating group) is 1. The second-order valence-electron chi connectivity index (χ2n) is 17.4. The summed E-state index contributed by atoms with van der Waals surface area (Å²) in [5, 5.41) is 13.8. The van der Waals surface area contributed by atoms with E-state index in [0.29, 0.717) is 17.4 Å². The van der Waals surface area contributed by atoms with E-state index < -0.39 is 26.6 Å².